The number of rotatable bonds is 14. The van der Waals surface area contributed by atoms with Gasteiger partial charge in [0, 0.05) is 112 Å². The number of anilines is 3. The Hall–Kier alpha value is -11.2. The van der Waals surface area contributed by atoms with Gasteiger partial charge >= 0.3 is 0 Å². The van der Waals surface area contributed by atoms with Crippen molar-refractivity contribution in [2.75, 3.05) is 61.8 Å². The summed E-state index contributed by atoms with van der Waals surface area (Å²) in [5.74, 6) is -1.15. The van der Waals surface area contributed by atoms with Crippen LogP contribution in [0.2, 0.25) is 0 Å². The summed E-state index contributed by atoms with van der Waals surface area (Å²) in [5, 5.41) is 17.8. The average molecular weight is 1290 g/mol. The Bertz CT molecular complexity index is 4200. The van der Waals surface area contributed by atoms with E-state index in [4.69, 9.17) is 5.73 Å². The fourth-order valence-electron chi connectivity index (χ4n) is 11.2. The van der Waals surface area contributed by atoms with Crippen molar-refractivity contribution in [1.29, 1.82) is 0 Å². The summed E-state index contributed by atoms with van der Waals surface area (Å²) < 4.78 is 0. The fourth-order valence-corrected chi connectivity index (χ4v) is 11.2. The van der Waals surface area contributed by atoms with Gasteiger partial charge in [-0.25, -0.2) is 15.0 Å². The minimum absolute atomic E-state index is 0. The van der Waals surface area contributed by atoms with Gasteiger partial charge in [-0.15, -0.1) is 0 Å². The number of aliphatic hydroxyl groups excluding tert-OH is 1. The molecule has 3 aromatic heterocycles. The second kappa shape index (κ2) is 31.9. The lowest BCUT2D eigenvalue weighted by molar-refractivity contribution is -0.123. The molecule has 21 heteroatoms. The van der Waals surface area contributed by atoms with Gasteiger partial charge in [0.1, 0.15) is 17.1 Å². The summed E-state index contributed by atoms with van der Waals surface area (Å²) in [4.78, 5) is 120. The largest absolute Gasteiger partial charge is 0.396 e. The number of carbonyl (C=O) groups excluding carboxylic acids is 7. The quantitative estimate of drug-likeness (QED) is 0.0677. The molecule has 7 amide bonds. The van der Waals surface area contributed by atoms with E-state index in [1.54, 1.807) is 92.8 Å². The third-order valence-corrected chi connectivity index (χ3v) is 16.9. The standard InChI is InChI=1S/C25H25N5O3.C25H26N4O3.C24H24N4O2.7H2/c1-16-22(24(32)28-20-5-3-2-4-6-20)29-21(15-27-16)17-7-9-19(10-8-17)25(33)30-13-11-18(12-14-30)23(26)31;1-17-23(24(31)27-21-5-3-2-4-6-21)28-22(15-26-17)19-7-9-20(10-8-19)25(32)29-13-11-18(16-30)12-14-29;1-17-22(23(29)26-20-8-4-2-5-9-20)27-21(16-25-17)18-10-12-19(13-11-18)24(30)28-14-6-3-7-15-28;;;;;;;/h2-10,15,18H,11-14H2,1H3,(H2,26,31)(H,28,32);2-10,15,18,30H,11-14,16H2,1H3,(H,27,31);2,4-5,8-13,16H,3,6-7,14-15H2,1H3,(H,26,29);7*1H. The summed E-state index contributed by atoms with van der Waals surface area (Å²) in [6, 6.07) is 49.2. The number of primary amides is 1. The van der Waals surface area contributed by atoms with Crippen LogP contribution >= 0.6 is 0 Å². The SMILES string of the molecule is Cc1ncc(-c2ccc(C(=O)N3CCC(C(N)=O)CC3)cc2)nc1C(=O)Nc1ccccc1.Cc1ncc(-c2ccc(C(=O)N3CCC(CO)CC3)cc2)nc1C(=O)Nc1ccccc1.Cc1ncc(-c2ccc(C(=O)N3CCCCC3)cc2)nc1C(=O)Nc1ccccc1.[HH].[HH].[HH].[HH].[HH].[HH].[HH]. The Morgan fingerprint density at radius 2 is 0.716 bits per heavy atom. The first kappa shape index (κ1) is 66.7. The van der Waals surface area contributed by atoms with Crippen molar-refractivity contribution in [2.45, 2.75) is 65.7 Å². The number of hydrogen-bond donors (Lipinski definition) is 5. The predicted molar refractivity (Wildman–Crippen MR) is 378 cm³/mol. The van der Waals surface area contributed by atoms with Crippen LogP contribution < -0.4 is 21.7 Å². The van der Waals surface area contributed by atoms with Gasteiger partial charge in [-0.1, -0.05) is 91.0 Å². The van der Waals surface area contributed by atoms with E-state index in [9.17, 15) is 38.7 Å². The molecule has 21 nitrogen and oxygen atoms in total. The van der Waals surface area contributed by atoms with Gasteiger partial charge in [0.15, 0.2) is 0 Å². The zero-order valence-corrected chi connectivity index (χ0v) is 53.3. The summed E-state index contributed by atoms with van der Waals surface area (Å²) in [6.45, 7) is 9.42. The molecule has 12 rings (SSSR count). The molecule has 6 aromatic carbocycles. The highest BCUT2D eigenvalue weighted by Gasteiger charge is 2.28. The van der Waals surface area contributed by atoms with Crippen LogP contribution in [-0.2, 0) is 4.79 Å². The van der Waals surface area contributed by atoms with Crippen LogP contribution in [0, 0.1) is 32.6 Å². The van der Waals surface area contributed by atoms with Crippen LogP contribution in [0.4, 0.5) is 17.1 Å². The van der Waals surface area contributed by atoms with Crippen molar-refractivity contribution in [3.63, 3.8) is 0 Å². The fraction of sp³-hybridized carbons (Fsp3) is 0.257. The number of nitrogens with two attached hydrogens (primary N) is 1. The first-order valence-electron chi connectivity index (χ1n) is 31.8. The molecule has 0 aliphatic carbocycles. The van der Waals surface area contributed by atoms with Crippen molar-refractivity contribution in [3.05, 3.63) is 233 Å². The van der Waals surface area contributed by atoms with E-state index in [0.29, 0.717) is 107 Å². The molecule has 3 aliphatic rings. The third kappa shape index (κ3) is 17.5. The normalized spacial score (nSPS) is 14.0. The molecule has 3 fully saturated rings. The minimum atomic E-state index is -0.334. The summed E-state index contributed by atoms with van der Waals surface area (Å²) >= 11 is 0. The van der Waals surface area contributed by atoms with E-state index >= 15 is 0 Å². The lowest BCUT2D eigenvalue weighted by Crippen LogP contribution is -2.41. The van der Waals surface area contributed by atoms with Crippen molar-refractivity contribution >= 4 is 58.4 Å². The van der Waals surface area contributed by atoms with E-state index in [2.05, 4.69) is 45.9 Å². The minimum Gasteiger partial charge on any atom is -0.396 e. The van der Waals surface area contributed by atoms with Gasteiger partial charge in [-0.3, -0.25) is 48.5 Å². The van der Waals surface area contributed by atoms with E-state index in [-0.39, 0.29) is 86.9 Å². The molecule has 6 N–H and O–H groups in total. The smallest absolute Gasteiger partial charge is 0.276 e. The first-order valence-corrected chi connectivity index (χ1v) is 31.8. The Kier molecular flexibility index (Phi) is 22.4. The van der Waals surface area contributed by atoms with E-state index in [1.807, 2.05) is 125 Å². The number of piperidine rings is 3. The van der Waals surface area contributed by atoms with E-state index in [1.165, 1.54) is 6.42 Å². The highest BCUT2D eigenvalue weighted by atomic mass is 16.3. The van der Waals surface area contributed by atoms with Crippen molar-refractivity contribution in [2.24, 2.45) is 17.6 Å². The topological polar surface area (TPSA) is 289 Å². The maximum absolute atomic E-state index is 12.8. The molecule has 0 atom stereocenters. The van der Waals surface area contributed by atoms with Crippen molar-refractivity contribution in [3.8, 4) is 33.8 Å². The number of likely N-dealkylation sites (tertiary alicyclic amines) is 3. The molecule has 95 heavy (non-hydrogen) atoms. The van der Waals surface area contributed by atoms with Crippen LogP contribution in [0.3, 0.4) is 0 Å². The van der Waals surface area contributed by atoms with E-state index < -0.39 is 0 Å². The highest BCUT2D eigenvalue weighted by Crippen LogP contribution is 2.27. The molecule has 3 aliphatic heterocycles. The highest BCUT2D eigenvalue weighted by molar-refractivity contribution is 6.05. The number of aliphatic hydroxyl groups is 1. The van der Waals surface area contributed by atoms with E-state index in [0.717, 1.165) is 55.5 Å². The number of hydrogen-bond acceptors (Lipinski definition) is 14. The molecular weight excluding hydrogens is 1200 g/mol. The van der Waals surface area contributed by atoms with Crippen LogP contribution in [0.15, 0.2) is 182 Å². The number of nitrogens with one attached hydrogen (secondary N) is 3. The molecule has 9 aromatic rings. The maximum Gasteiger partial charge on any atom is 0.276 e. The molecule has 3 saturated heterocycles. The van der Waals surface area contributed by atoms with Gasteiger partial charge in [-0.2, -0.15) is 0 Å². The molecule has 0 unspecified atom stereocenters. The second-order valence-electron chi connectivity index (χ2n) is 23.5. The number of nitrogens with zero attached hydrogens (tertiary/aromatic N) is 9. The lowest BCUT2D eigenvalue weighted by atomic mass is 9.96. The van der Waals surface area contributed by atoms with Crippen molar-refractivity contribution < 1.29 is 48.7 Å². The van der Waals surface area contributed by atoms with Gasteiger partial charge in [0.05, 0.1) is 52.8 Å². The van der Waals surface area contributed by atoms with Gasteiger partial charge in [0.25, 0.3) is 35.4 Å². The number of carbonyl (C=O) groups is 7. The molecule has 0 spiro atoms. The summed E-state index contributed by atoms with van der Waals surface area (Å²) in [6.07, 6.45) is 11.0. The van der Waals surface area contributed by atoms with Crippen LogP contribution in [0.5, 0.6) is 0 Å². The average Bonchev–Trinajstić information content (AvgIpc) is 0.825. The van der Waals surface area contributed by atoms with Gasteiger partial charge in [0.2, 0.25) is 5.91 Å². The number of benzene rings is 6. The molecule has 498 valence electrons. The number of para-hydroxylation sites is 3. The monoisotopic (exact) mass is 1290 g/mol. The van der Waals surface area contributed by atoms with Gasteiger partial charge < -0.3 is 41.5 Å². The molecular formula is C74H89N13O8. The number of aromatic nitrogens is 6. The lowest BCUT2D eigenvalue weighted by Gasteiger charge is -2.31. The second-order valence-corrected chi connectivity index (χ2v) is 23.5. The van der Waals surface area contributed by atoms with Crippen molar-refractivity contribution in [1.82, 2.24) is 44.6 Å². The Balaban J connectivity index is 0.000000385. The first-order chi connectivity index (χ1) is 46.1. The number of amides is 7. The molecule has 6 heterocycles. The predicted octanol–water partition coefficient (Wildman–Crippen LogP) is 12.6. The Morgan fingerprint density at radius 1 is 0.421 bits per heavy atom. The molecule has 0 saturated carbocycles. The zero-order valence-electron chi connectivity index (χ0n) is 53.3. The van der Waals surface area contributed by atoms with Crippen LogP contribution in [-0.4, -0.2) is 137 Å². The molecule has 0 bridgehead atoms. The van der Waals surface area contributed by atoms with Crippen LogP contribution in [0.1, 0.15) is 135 Å². The zero-order chi connectivity index (χ0) is 66.8. The Morgan fingerprint density at radius 3 is 1.01 bits per heavy atom. The summed E-state index contributed by atoms with van der Waals surface area (Å²) in [7, 11) is 0. The maximum atomic E-state index is 12.8. The number of aryl methyl sites for hydroxylation is 3. The van der Waals surface area contributed by atoms with Crippen LogP contribution in [0.25, 0.3) is 33.8 Å². The summed E-state index contributed by atoms with van der Waals surface area (Å²) in [5.41, 5.74) is 15.7. The van der Waals surface area contributed by atoms with Gasteiger partial charge in [-0.05, 0) is 144 Å². The molecule has 0 radical (unpaired) electrons. The third-order valence-electron chi connectivity index (χ3n) is 16.9. The Labute approximate surface area is 561 Å².